The maximum atomic E-state index is 11.5. The van der Waals surface area contributed by atoms with Crippen molar-refractivity contribution in [3.8, 4) is 0 Å². The highest BCUT2D eigenvalue weighted by Gasteiger charge is 2.28. The van der Waals surface area contributed by atoms with Crippen LogP contribution in [0.5, 0.6) is 0 Å². The molecule has 0 fully saturated rings. The lowest BCUT2D eigenvalue weighted by atomic mass is 9.76. The zero-order chi connectivity index (χ0) is 14.0. The first-order chi connectivity index (χ1) is 9.01. The predicted octanol–water partition coefficient (Wildman–Crippen LogP) is 2.90. The van der Waals surface area contributed by atoms with E-state index in [1.165, 1.54) is 5.57 Å². The smallest absolute Gasteiger partial charge is 0.248 e. The van der Waals surface area contributed by atoms with Crippen LogP contribution in [0.25, 0.3) is 0 Å². The van der Waals surface area contributed by atoms with Crippen LogP contribution in [0.15, 0.2) is 33.6 Å². The number of hydrogen-bond acceptors (Lipinski definition) is 2. The van der Waals surface area contributed by atoms with E-state index in [0.717, 1.165) is 24.1 Å². The van der Waals surface area contributed by atoms with Crippen molar-refractivity contribution >= 4 is 6.72 Å². The number of aromatic amines is 1. The van der Waals surface area contributed by atoms with E-state index < -0.39 is 0 Å². The van der Waals surface area contributed by atoms with Crippen molar-refractivity contribution in [3.05, 3.63) is 45.4 Å². The maximum absolute atomic E-state index is 11.5. The van der Waals surface area contributed by atoms with Crippen LogP contribution in [0, 0.1) is 18.8 Å². The third-order valence-corrected chi connectivity index (χ3v) is 4.22. The number of H-pyrrole nitrogens is 1. The summed E-state index contributed by atoms with van der Waals surface area (Å²) in [5.41, 5.74) is 3.53. The predicted molar refractivity (Wildman–Crippen MR) is 79.9 cm³/mol. The van der Waals surface area contributed by atoms with Crippen LogP contribution >= 0.6 is 0 Å². The summed E-state index contributed by atoms with van der Waals surface area (Å²) < 4.78 is 0. The van der Waals surface area contributed by atoms with Gasteiger partial charge in [0.1, 0.15) is 0 Å². The van der Waals surface area contributed by atoms with Crippen LogP contribution in [0.2, 0.25) is 0 Å². The second-order valence-electron chi connectivity index (χ2n) is 5.68. The fraction of sp³-hybridized carbons (Fsp3) is 0.500. The van der Waals surface area contributed by atoms with Gasteiger partial charge in [-0.05, 0) is 50.8 Å². The molecule has 1 aliphatic rings. The van der Waals surface area contributed by atoms with Crippen LogP contribution in [0.3, 0.4) is 0 Å². The Balaban J connectivity index is 2.26. The van der Waals surface area contributed by atoms with Crippen molar-refractivity contribution in [2.45, 2.75) is 39.7 Å². The molecule has 1 N–H and O–H groups in total. The number of aliphatic imine (C=N–C) groups is 1. The molecule has 0 saturated heterocycles. The van der Waals surface area contributed by atoms with E-state index in [4.69, 9.17) is 0 Å². The van der Waals surface area contributed by atoms with Gasteiger partial charge in [0.25, 0.3) is 0 Å². The van der Waals surface area contributed by atoms with E-state index in [1.54, 1.807) is 6.07 Å². The zero-order valence-electron chi connectivity index (χ0n) is 11.9. The van der Waals surface area contributed by atoms with Crippen LogP contribution in [0.4, 0.5) is 0 Å². The van der Waals surface area contributed by atoms with Gasteiger partial charge in [0.2, 0.25) is 5.56 Å². The molecule has 0 spiro atoms. The summed E-state index contributed by atoms with van der Waals surface area (Å²) in [5.74, 6) is 0.880. The van der Waals surface area contributed by atoms with E-state index in [9.17, 15) is 4.79 Å². The lowest BCUT2D eigenvalue weighted by Gasteiger charge is -2.32. The molecule has 0 radical (unpaired) electrons. The van der Waals surface area contributed by atoms with Gasteiger partial charge in [0, 0.05) is 11.8 Å². The third-order valence-electron chi connectivity index (χ3n) is 4.22. The summed E-state index contributed by atoms with van der Waals surface area (Å²) in [6.07, 6.45) is 4.20. The standard InChI is InChI=1S/C16H22N2O/c1-10-7-13(12(3)15(8-10)17-4)9-14-11(2)5-6-16(19)18-14/h5-7,12-13,15H,4,8-9H2,1-3H3,(H,18,19)/t12-,13?,15?/m0/s1. The molecule has 3 nitrogen and oxygen atoms in total. The Morgan fingerprint density at radius 3 is 2.84 bits per heavy atom. The van der Waals surface area contributed by atoms with Gasteiger partial charge in [-0.2, -0.15) is 0 Å². The maximum Gasteiger partial charge on any atom is 0.248 e. The van der Waals surface area contributed by atoms with E-state index in [1.807, 2.05) is 13.0 Å². The summed E-state index contributed by atoms with van der Waals surface area (Å²) in [5, 5.41) is 0. The van der Waals surface area contributed by atoms with Crippen molar-refractivity contribution in [2.24, 2.45) is 16.8 Å². The van der Waals surface area contributed by atoms with Gasteiger partial charge in [0.15, 0.2) is 0 Å². The van der Waals surface area contributed by atoms with Gasteiger partial charge in [-0.25, -0.2) is 0 Å². The van der Waals surface area contributed by atoms with Crippen molar-refractivity contribution < 1.29 is 0 Å². The molecule has 0 saturated carbocycles. The van der Waals surface area contributed by atoms with E-state index in [2.05, 4.69) is 36.6 Å². The molecule has 3 atom stereocenters. The number of allylic oxidation sites excluding steroid dienone is 1. The molecule has 2 unspecified atom stereocenters. The molecule has 1 aliphatic carbocycles. The van der Waals surface area contributed by atoms with Gasteiger partial charge >= 0.3 is 0 Å². The Labute approximate surface area is 114 Å². The fourth-order valence-corrected chi connectivity index (χ4v) is 2.90. The molecule has 0 amide bonds. The molecule has 19 heavy (non-hydrogen) atoms. The molecule has 0 bridgehead atoms. The highest BCUT2D eigenvalue weighted by Crippen LogP contribution is 2.32. The van der Waals surface area contributed by atoms with E-state index >= 15 is 0 Å². The molecule has 3 heteroatoms. The molecule has 1 aromatic rings. The molecule has 0 aromatic carbocycles. The van der Waals surface area contributed by atoms with E-state index in [0.29, 0.717) is 17.9 Å². The first kappa shape index (κ1) is 13.8. The molecular weight excluding hydrogens is 236 g/mol. The number of rotatable bonds is 3. The summed E-state index contributed by atoms with van der Waals surface area (Å²) in [7, 11) is 0. The molecule has 2 rings (SSSR count). The molecular formula is C16H22N2O. The van der Waals surface area contributed by atoms with Crippen LogP contribution in [-0.4, -0.2) is 17.7 Å². The van der Waals surface area contributed by atoms with Gasteiger partial charge in [-0.15, -0.1) is 0 Å². The Morgan fingerprint density at radius 1 is 1.42 bits per heavy atom. The topological polar surface area (TPSA) is 45.2 Å². The number of nitrogens with zero attached hydrogens (tertiary/aromatic N) is 1. The number of nitrogens with one attached hydrogen (secondary N) is 1. The summed E-state index contributed by atoms with van der Waals surface area (Å²) in [6.45, 7) is 10.1. The summed E-state index contributed by atoms with van der Waals surface area (Å²) in [4.78, 5) is 18.7. The average Bonchev–Trinajstić information content (AvgIpc) is 2.37. The van der Waals surface area contributed by atoms with Crippen molar-refractivity contribution in [1.82, 2.24) is 4.98 Å². The SMILES string of the molecule is C=NC1CC(C)=CC(Cc2[nH]c(=O)ccc2C)[C@@H]1C. The van der Waals surface area contributed by atoms with Crippen LogP contribution in [-0.2, 0) is 6.42 Å². The Bertz CT molecular complexity index is 556. The highest BCUT2D eigenvalue weighted by atomic mass is 16.1. The van der Waals surface area contributed by atoms with Crippen molar-refractivity contribution in [2.75, 3.05) is 0 Å². The molecule has 102 valence electrons. The molecule has 1 aromatic heterocycles. The largest absolute Gasteiger partial charge is 0.326 e. The van der Waals surface area contributed by atoms with Crippen LogP contribution < -0.4 is 5.56 Å². The lowest BCUT2D eigenvalue weighted by molar-refractivity contribution is 0.330. The van der Waals surface area contributed by atoms with Crippen molar-refractivity contribution in [1.29, 1.82) is 0 Å². The highest BCUT2D eigenvalue weighted by molar-refractivity contribution is 5.27. The second kappa shape index (κ2) is 5.55. The summed E-state index contributed by atoms with van der Waals surface area (Å²) in [6, 6.07) is 3.77. The lowest BCUT2D eigenvalue weighted by Crippen LogP contribution is -2.29. The second-order valence-corrected chi connectivity index (χ2v) is 5.68. The summed E-state index contributed by atoms with van der Waals surface area (Å²) >= 11 is 0. The Morgan fingerprint density at radius 2 is 2.16 bits per heavy atom. The fourth-order valence-electron chi connectivity index (χ4n) is 2.90. The number of aromatic nitrogens is 1. The van der Waals surface area contributed by atoms with Gasteiger partial charge in [-0.3, -0.25) is 9.79 Å². The van der Waals surface area contributed by atoms with Crippen molar-refractivity contribution in [3.63, 3.8) is 0 Å². The van der Waals surface area contributed by atoms with Gasteiger partial charge in [-0.1, -0.05) is 24.6 Å². The molecule has 0 aliphatic heterocycles. The van der Waals surface area contributed by atoms with Crippen LogP contribution in [0.1, 0.15) is 31.5 Å². The minimum absolute atomic E-state index is 0.0249. The van der Waals surface area contributed by atoms with Gasteiger partial charge in [0.05, 0.1) is 6.04 Å². The number of hydrogen-bond donors (Lipinski definition) is 1. The Kier molecular flexibility index (Phi) is 4.03. The number of aryl methyl sites for hydroxylation is 1. The Hall–Kier alpha value is -1.64. The average molecular weight is 258 g/mol. The first-order valence-electron chi connectivity index (χ1n) is 6.83. The monoisotopic (exact) mass is 258 g/mol. The minimum Gasteiger partial charge on any atom is -0.326 e. The third kappa shape index (κ3) is 3.03. The van der Waals surface area contributed by atoms with Gasteiger partial charge < -0.3 is 4.98 Å². The molecule has 1 heterocycles. The minimum atomic E-state index is -0.0249. The van der Waals surface area contributed by atoms with E-state index in [-0.39, 0.29) is 5.56 Å². The normalized spacial score (nSPS) is 26.9. The first-order valence-corrected chi connectivity index (χ1v) is 6.83. The quantitative estimate of drug-likeness (QED) is 0.657. The zero-order valence-corrected chi connectivity index (χ0v) is 11.9. The number of pyridine rings is 1.